The predicted molar refractivity (Wildman–Crippen MR) is 71.4 cm³/mol. The van der Waals surface area contributed by atoms with Crippen molar-refractivity contribution >= 4 is 5.97 Å². The van der Waals surface area contributed by atoms with Gasteiger partial charge in [-0.1, -0.05) is 6.07 Å². The minimum Gasteiger partial charge on any atom is -0.481 e. The van der Waals surface area contributed by atoms with E-state index in [1.165, 1.54) is 6.07 Å². The maximum Gasteiger partial charge on any atom is 0.303 e. The van der Waals surface area contributed by atoms with Gasteiger partial charge in [0.1, 0.15) is 5.82 Å². The van der Waals surface area contributed by atoms with Gasteiger partial charge >= 0.3 is 5.97 Å². The quantitative estimate of drug-likeness (QED) is 0.910. The SMILES string of the molecule is Cc1ccc(F)cc1CN1CCC(CC(=O)O)CC1. The molecule has 1 aliphatic rings. The largest absolute Gasteiger partial charge is 0.481 e. The molecule has 3 nitrogen and oxygen atoms in total. The number of nitrogens with zero attached hydrogens (tertiary/aromatic N) is 1. The van der Waals surface area contributed by atoms with Crippen molar-refractivity contribution in [3.05, 3.63) is 35.1 Å². The number of rotatable bonds is 4. The Morgan fingerprint density at radius 3 is 2.74 bits per heavy atom. The van der Waals surface area contributed by atoms with E-state index in [9.17, 15) is 9.18 Å². The summed E-state index contributed by atoms with van der Waals surface area (Å²) in [6.45, 7) is 4.54. The lowest BCUT2D eigenvalue weighted by Gasteiger charge is -2.31. The van der Waals surface area contributed by atoms with E-state index in [0.29, 0.717) is 5.92 Å². The Hall–Kier alpha value is -1.42. The van der Waals surface area contributed by atoms with Crippen molar-refractivity contribution in [3.63, 3.8) is 0 Å². The zero-order valence-corrected chi connectivity index (χ0v) is 11.2. The molecule has 1 N–H and O–H groups in total. The van der Waals surface area contributed by atoms with E-state index in [4.69, 9.17) is 5.11 Å². The third-order valence-corrected chi connectivity index (χ3v) is 3.88. The molecule has 104 valence electrons. The van der Waals surface area contributed by atoms with Crippen molar-refractivity contribution in [1.82, 2.24) is 4.90 Å². The Balaban J connectivity index is 1.88. The molecule has 1 saturated heterocycles. The van der Waals surface area contributed by atoms with E-state index in [2.05, 4.69) is 4.90 Å². The molecule has 1 aromatic rings. The summed E-state index contributed by atoms with van der Waals surface area (Å²) < 4.78 is 13.2. The molecule has 0 aromatic heterocycles. The first-order valence-corrected chi connectivity index (χ1v) is 6.74. The highest BCUT2D eigenvalue weighted by Crippen LogP contribution is 2.22. The smallest absolute Gasteiger partial charge is 0.303 e. The van der Waals surface area contributed by atoms with Crippen LogP contribution in [0.1, 0.15) is 30.4 Å². The number of aryl methyl sites for hydroxylation is 1. The fraction of sp³-hybridized carbons (Fsp3) is 0.533. The van der Waals surface area contributed by atoms with Gasteiger partial charge in [0.05, 0.1) is 0 Å². The molecule has 1 fully saturated rings. The Morgan fingerprint density at radius 2 is 2.11 bits per heavy atom. The number of halogens is 1. The zero-order valence-electron chi connectivity index (χ0n) is 11.2. The average molecular weight is 265 g/mol. The molecule has 0 radical (unpaired) electrons. The topological polar surface area (TPSA) is 40.5 Å². The highest BCUT2D eigenvalue weighted by Gasteiger charge is 2.21. The van der Waals surface area contributed by atoms with Crippen LogP contribution in [0.4, 0.5) is 4.39 Å². The minimum atomic E-state index is -0.709. The lowest BCUT2D eigenvalue weighted by Crippen LogP contribution is -2.34. The van der Waals surface area contributed by atoms with E-state index in [1.807, 2.05) is 13.0 Å². The zero-order chi connectivity index (χ0) is 13.8. The Labute approximate surface area is 113 Å². The molecule has 0 aliphatic carbocycles. The number of carboxylic acids is 1. The lowest BCUT2D eigenvalue weighted by atomic mass is 9.93. The summed E-state index contributed by atoms with van der Waals surface area (Å²) >= 11 is 0. The van der Waals surface area contributed by atoms with Gasteiger partial charge in [0.25, 0.3) is 0 Å². The van der Waals surface area contributed by atoms with E-state index >= 15 is 0 Å². The van der Waals surface area contributed by atoms with Crippen molar-refractivity contribution in [1.29, 1.82) is 0 Å². The Kier molecular flexibility index (Phi) is 4.53. The lowest BCUT2D eigenvalue weighted by molar-refractivity contribution is -0.138. The van der Waals surface area contributed by atoms with Crippen LogP contribution in [0.25, 0.3) is 0 Å². The molecule has 1 aromatic carbocycles. The van der Waals surface area contributed by atoms with E-state index in [1.54, 1.807) is 6.07 Å². The first kappa shape index (κ1) is 14.0. The van der Waals surface area contributed by atoms with Gasteiger partial charge < -0.3 is 5.11 Å². The van der Waals surface area contributed by atoms with Gasteiger partial charge in [0.15, 0.2) is 0 Å². The van der Waals surface area contributed by atoms with Gasteiger partial charge in [-0.05, 0) is 62.0 Å². The summed E-state index contributed by atoms with van der Waals surface area (Å²) in [5.74, 6) is -0.608. The first-order chi connectivity index (χ1) is 9.04. The highest BCUT2D eigenvalue weighted by atomic mass is 19.1. The molecule has 0 saturated carbocycles. The van der Waals surface area contributed by atoms with Crippen LogP contribution in [0.2, 0.25) is 0 Å². The van der Waals surface area contributed by atoms with Gasteiger partial charge in [0.2, 0.25) is 0 Å². The van der Waals surface area contributed by atoms with Crippen molar-refractivity contribution in [2.75, 3.05) is 13.1 Å². The normalized spacial score (nSPS) is 17.6. The number of hydrogen-bond donors (Lipinski definition) is 1. The summed E-state index contributed by atoms with van der Waals surface area (Å²) in [4.78, 5) is 12.9. The Bertz CT molecular complexity index is 453. The van der Waals surface area contributed by atoms with Crippen LogP contribution in [0.3, 0.4) is 0 Å². The first-order valence-electron chi connectivity index (χ1n) is 6.74. The monoisotopic (exact) mass is 265 g/mol. The summed E-state index contributed by atoms with van der Waals surface area (Å²) in [5, 5.41) is 8.78. The number of piperidine rings is 1. The second-order valence-corrected chi connectivity index (χ2v) is 5.39. The summed E-state index contributed by atoms with van der Waals surface area (Å²) in [6, 6.07) is 4.89. The van der Waals surface area contributed by atoms with Crippen LogP contribution in [0.5, 0.6) is 0 Å². The number of hydrogen-bond acceptors (Lipinski definition) is 2. The Morgan fingerprint density at radius 1 is 1.42 bits per heavy atom. The van der Waals surface area contributed by atoms with E-state index < -0.39 is 5.97 Å². The maximum absolute atomic E-state index is 13.2. The number of carboxylic acid groups (broad SMARTS) is 1. The second kappa shape index (κ2) is 6.15. The molecule has 4 heteroatoms. The molecule has 0 bridgehead atoms. The van der Waals surface area contributed by atoms with Crippen LogP contribution < -0.4 is 0 Å². The molecule has 0 amide bonds. The summed E-state index contributed by atoms with van der Waals surface area (Å²) in [5.41, 5.74) is 2.13. The van der Waals surface area contributed by atoms with Crippen LogP contribution >= 0.6 is 0 Å². The molecule has 1 heterocycles. The summed E-state index contributed by atoms with van der Waals surface area (Å²) in [7, 11) is 0. The number of benzene rings is 1. The van der Waals surface area contributed by atoms with Crippen LogP contribution in [0.15, 0.2) is 18.2 Å². The van der Waals surface area contributed by atoms with Gasteiger partial charge in [-0.25, -0.2) is 4.39 Å². The maximum atomic E-state index is 13.2. The predicted octanol–water partition coefficient (Wildman–Crippen LogP) is 2.82. The van der Waals surface area contributed by atoms with E-state index in [-0.39, 0.29) is 12.2 Å². The second-order valence-electron chi connectivity index (χ2n) is 5.39. The van der Waals surface area contributed by atoms with Crippen molar-refractivity contribution in [2.24, 2.45) is 5.92 Å². The van der Waals surface area contributed by atoms with Gasteiger partial charge in [0, 0.05) is 13.0 Å². The molecule has 1 aliphatic heterocycles. The summed E-state index contributed by atoms with van der Waals surface area (Å²) in [6.07, 6.45) is 2.11. The highest BCUT2D eigenvalue weighted by molar-refractivity contribution is 5.67. The fourth-order valence-corrected chi connectivity index (χ4v) is 2.65. The fourth-order valence-electron chi connectivity index (χ4n) is 2.65. The average Bonchev–Trinajstić information content (AvgIpc) is 2.35. The molecule has 19 heavy (non-hydrogen) atoms. The van der Waals surface area contributed by atoms with Crippen molar-refractivity contribution in [3.8, 4) is 0 Å². The van der Waals surface area contributed by atoms with Crippen molar-refractivity contribution in [2.45, 2.75) is 32.7 Å². The molecular formula is C15H20FNO2. The third kappa shape index (κ3) is 4.03. The molecular weight excluding hydrogens is 245 g/mol. The minimum absolute atomic E-state index is 0.193. The van der Waals surface area contributed by atoms with E-state index in [0.717, 1.165) is 43.6 Å². The standard InChI is InChI=1S/C15H20FNO2/c1-11-2-3-14(16)9-13(11)10-17-6-4-12(5-7-17)8-15(18)19/h2-3,9,12H,4-8,10H2,1H3,(H,18,19). The molecule has 0 spiro atoms. The number of likely N-dealkylation sites (tertiary alicyclic amines) is 1. The van der Waals surface area contributed by atoms with Gasteiger partial charge in [-0.2, -0.15) is 0 Å². The van der Waals surface area contributed by atoms with Crippen LogP contribution in [0, 0.1) is 18.7 Å². The van der Waals surface area contributed by atoms with Crippen molar-refractivity contribution < 1.29 is 14.3 Å². The van der Waals surface area contributed by atoms with Crippen LogP contribution in [-0.4, -0.2) is 29.1 Å². The van der Waals surface area contributed by atoms with Gasteiger partial charge in [-0.15, -0.1) is 0 Å². The molecule has 0 atom stereocenters. The van der Waals surface area contributed by atoms with Crippen LogP contribution in [-0.2, 0) is 11.3 Å². The molecule has 0 unspecified atom stereocenters. The van der Waals surface area contributed by atoms with Gasteiger partial charge in [-0.3, -0.25) is 9.69 Å². The molecule has 2 rings (SSSR count). The number of aliphatic carboxylic acids is 1. The number of carbonyl (C=O) groups is 1. The third-order valence-electron chi connectivity index (χ3n) is 3.88.